The Balaban J connectivity index is 1.52. The average Bonchev–Trinajstić information content (AvgIpc) is 3.10. The van der Waals surface area contributed by atoms with Crippen LogP contribution in [0.15, 0.2) is 60.7 Å². The van der Waals surface area contributed by atoms with Gasteiger partial charge >= 0.3 is 0 Å². The van der Waals surface area contributed by atoms with Gasteiger partial charge in [-0.3, -0.25) is 4.79 Å². The quantitative estimate of drug-likeness (QED) is 0.694. The molecule has 1 saturated heterocycles. The number of hydrogen-bond donors (Lipinski definition) is 0. The number of aromatic nitrogens is 2. The minimum atomic E-state index is 0.0123. The molecule has 0 saturated carbocycles. The van der Waals surface area contributed by atoms with Crippen LogP contribution in [-0.4, -0.2) is 46.8 Å². The van der Waals surface area contributed by atoms with E-state index in [2.05, 4.69) is 10.00 Å². The van der Waals surface area contributed by atoms with Crippen LogP contribution in [0.1, 0.15) is 16.2 Å². The Morgan fingerprint density at radius 3 is 2.33 bits per heavy atom. The third-order valence-electron chi connectivity index (χ3n) is 4.81. The van der Waals surface area contributed by atoms with E-state index in [1.54, 1.807) is 4.68 Å². The van der Waals surface area contributed by atoms with Crippen molar-refractivity contribution in [1.29, 1.82) is 0 Å². The molecule has 0 N–H and O–H groups in total. The molecule has 0 unspecified atom stereocenters. The summed E-state index contributed by atoms with van der Waals surface area (Å²) in [6.45, 7) is 4.74. The molecule has 2 aromatic carbocycles. The summed E-state index contributed by atoms with van der Waals surface area (Å²) in [5.74, 6) is 0.0123. The zero-order valence-electron chi connectivity index (χ0n) is 15.2. The van der Waals surface area contributed by atoms with Gasteiger partial charge in [0, 0.05) is 26.2 Å². The highest BCUT2D eigenvalue weighted by Gasteiger charge is 2.26. The average molecular weight is 381 g/mol. The number of para-hydroxylation sites is 2. The Morgan fingerprint density at radius 2 is 1.63 bits per heavy atom. The number of aryl methyl sites for hydroxylation is 1. The maximum atomic E-state index is 13.1. The minimum Gasteiger partial charge on any atom is -0.367 e. The van der Waals surface area contributed by atoms with Crippen molar-refractivity contribution in [3.05, 3.63) is 77.1 Å². The summed E-state index contributed by atoms with van der Waals surface area (Å²) in [5, 5.41) is 5.26. The molecule has 6 heteroatoms. The fraction of sp³-hybridized carbons (Fsp3) is 0.238. The van der Waals surface area contributed by atoms with Gasteiger partial charge in [-0.2, -0.15) is 5.10 Å². The molecule has 1 amide bonds. The summed E-state index contributed by atoms with van der Waals surface area (Å²) >= 11 is 6.31. The number of anilines is 1. The molecule has 1 aliphatic rings. The molecular formula is C21H21ClN4O. The van der Waals surface area contributed by atoms with Crippen LogP contribution >= 0.6 is 11.6 Å². The molecule has 0 aliphatic carbocycles. The number of amides is 1. The topological polar surface area (TPSA) is 41.4 Å². The van der Waals surface area contributed by atoms with Crippen molar-refractivity contribution < 1.29 is 4.79 Å². The van der Waals surface area contributed by atoms with E-state index in [-0.39, 0.29) is 5.91 Å². The van der Waals surface area contributed by atoms with Crippen molar-refractivity contribution in [3.8, 4) is 5.69 Å². The first kappa shape index (κ1) is 17.6. The van der Waals surface area contributed by atoms with Crippen LogP contribution in [0.25, 0.3) is 5.69 Å². The van der Waals surface area contributed by atoms with Gasteiger partial charge in [0.15, 0.2) is 0 Å². The first-order valence-electron chi connectivity index (χ1n) is 9.04. The molecule has 1 fully saturated rings. The summed E-state index contributed by atoms with van der Waals surface area (Å²) in [6.07, 6.45) is 0. The number of carbonyl (C=O) groups excluding carboxylic acids is 1. The van der Waals surface area contributed by atoms with Gasteiger partial charge in [0.2, 0.25) is 0 Å². The fourth-order valence-electron chi connectivity index (χ4n) is 3.44. The Kier molecular flexibility index (Phi) is 4.86. The lowest BCUT2D eigenvalue weighted by Gasteiger charge is -2.36. The zero-order chi connectivity index (χ0) is 18.8. The maximum absolute atomic E-state index is 13.1. The van der Waals surface area contributed by atoms with Crippen LogP contribution in [0, 0.1) is 6.92 Å². The van der Waals surface area contributed by atoms with E-state index >= 15 is 0 Å². The summed E-state index contributed by atoms with van der Waals surface area (Å²) < 4.78 is 1.73. The van der Waals surface area contributed by atoms with Crippen molar-refractivity contribution in [2.45, 2.75) is 6.92 Å². The molecule has 138 valence electrons. The monoisotopic (exact) mass is 380 g/mol. The summed E-state index contributed by atoms with van der Waals surface area (Å²) in [6, 6.07) is 19.5. The molecule has 5 nitrogen and oxygen atoms in total. The van der Waals surface area contributed by atoms with Gasteiger partial charge in [0.05, 0.1) is 22.1 Å². The van der Waals surface area contributed by atoms with Crippen LogP contribution < -0.4 is 4.90 Å². The zero-order valence-corrected chi connectivity index (χ0v) is 15.9. The molecular weight excluding hydrogens is 360 g/mol. The third kappa shape index (κ3) is 3.55. The van der Waals surface area contributed by atoms with E-state index < -0.39 is 0 Å². The molecule has 1 aliphatic heterocycles. The number of nitrogens with zero attached hydrogens (tertiary/aromatic N) is 4. The van der Waals surface area contributed by atoms with E-state index in [9.17, 15) is 4.79 Å². The predicted molar refractivity (Wildman–Crippen MR) is 108 cm³/mol. The maximum Gasteiger partial charge on any atom is 0.272 e. The number of carbonyl (C=O) groups is 1. The second-order valence-electron chi connectivity index (χ2n) is 6.65. The lowest BCUT2D eigenvalue weighted by atomic mass is 10.2. The van der Waals surface area contributed by atoms with Crippen LogP contribution in [0.3, 0.4) is 0 Å². The van der Waals surface area contributed by atoms with Crippen LogP contribution in [0.5, 0.6) is 0 Å². The Labute approximate surface area is 163 Å². The van der Waals surface area contributed by atoms with Gasteiger partial charge in [0.1, 0.15) is 5.69 Å². The van der Waals surface area contributed by atoms with E-state index in [0.717, 1.165) is 35.2 Å². The number of hydrogen-bond acceptors (Lipinski definition) is 3. The third-order valence-corrected chi connectivity index (χ3v) is 5.13. The standard InChI is InChI=1S/C21H21ClN4O/c1-16-15-20(26(23-16)17-7-3-2-4-8-17)21(27)25-13-11-24(12-14-25)19-10-6-5-9-18(19)22/h2-10,15H,11-14H2,1H3. The highest BCUT2D eigenvalue weighted by Crippen LogP contribution is 2.26. The fourth-order valence-corrected chi connectivity index (χ4v) is 3.69. The van der Waals surface area contributed by atoms with Crippen molar-refractivity contribution in [3.63, 3.8) is 0 Å². The van der Waals surface area contributed by atoms with Crippen molar-refractivity contribution >= 4 is 23.2 Å². The lowest BCUT2D eigenvalue weighted by Crippen LogP contribution is -2.49. The molecule has 2 heterocycles. The minimum absolute atomic E-state index is 0.0123. The molecule has 0 radical (unpaired) electrons. The van der Waals surface area contributed by atoms with Gasteiger partial charge in [-0.15, -0.1) is 0 Å². The van der Waals surface area contributed by atoms with Gasteiger partial charge in [-0.05, 0) is 37.3 Å². The summed E-state index contributed by atoms with van der Waals surface area (Å²) in [7, 11) is 0. The van der Waals surface area contributed by atoms with E-state index in [1.165, 1.54) is 0 Å². The van der Waals surface area contributed by atoms with E-state index in [0.29, 0.717) is 18.8 Å². The predicted octanol–water partition coefficient (Wildman–Crippen LogP) is 3.80. The van der Waals surface area contributed by atoms with Crippen molar-refractivity contribution in [1.82, 2.24) is 14.7 Å². The second kappa shape index (κ2) is 7.45. The highest BCUT2D eigenvalue weighted by molar-refractivity contribution is 6.33. The Hall–Kier alpha value is -2.79. The van der Waals surface area contributed by atoms with Crippen LogP contribution in [-0.2, 0) is 0 Å². The smallest absolute Gasteiger partial charge is 0.272 e. The highest BCUT2D eigenvalue weighted by atomic mass is 35.5. The molecule has 27 heavy (non-hydrogen) atoms. The lowest BCUT2D eigenvalue weighted by molar-refractivity contribution is 0.0737. The summed E-state index contributed by atoms with van der Waals surface area (Å²) in [4.78, 5) is 17.3. The Bertz CT molecular complexity index is 946. The second-order valence-corrected chi connectivity index (χ2v) is 7.06. The van der Waals surface area contributed by atoms with E-state index in [4.69, 9.17) is 11.6 Å². The van der Waals surface area contributed by atoms with Crippen LogP contribution in [0.2, 0.25) is 5.02 Å². The molecule has 4 rings (SSSR count). The molecule has 0 atom stereocenters. The normalized spacial score (nSPS) is 14.4. The Morgan fingerprint density at radius 1 is 0.963 bits per heavy atom. The SMILES string of the molecule is Cc1cc(C(=O)N2CCN(c3ccccc3Cl)CC2)n(-c2ccccc2)n1. The molecule has 1 aromatic heterocycles. The number of piperazine rings is 1. The first-order chi connectivity index (χ1) is 13.1. The van der Waals surface area contributed by atoms with E-state index in [1.807, 2.05) is 72.5 Å². The van der Waals surface area contributed by atoms with Gasteiger partial charge in [-0.1, -0.05) is 41.9 Å². The van der Waals surface area contributed by atoms with Gasteiger partial charge < -0.3 is 9.80 Å². The van der Waals surface area contributed by atoms with Crippen LogP contribution in [0.4, 0.5) is 5.69 Å². The molecule has 0 bridgehead atoms. The molecule has 3 aromatic rings. The number of benzene rings is 2. The number of halogens is 1. The van der Waals surface area contributed by atoms with Crippen molar-refractivity contribution in [2.75, 3.05) is 31.1 Å². The molecule has 0 spiro atoms. The largest absolute Gasteiger partial charge is 0.367 e. The number of rotatable bonds is 3. The van der Waals surface area contributed by atoms with Gasteiger partial charge in [0.25, 0.3) is 5.91 Å². The van der Waals surface area contributed by atoms with Gasteiger partial charge in [-0.25, -0.2) is 4.68 Å². The van der Waals surface area contributed by atoms with Crippen molar-refractivity contribution in [2.24, 2.45) is 0 Å². The summed E-state index contributed by atoms with van der Waals surface area (Å²) in [5.41, 5.74) is 3.35. The first-order valence-corrected chi connectivity index (χ1v) is 9.42.